The van der Waals surface area contributed by atoms with Gasteiger partial charge in [-0.3, -0.25) is 4.98 Å². The van der Waals surface area contributed by atoms with E-state index in [-0.39, 0.29) is 6.04 Å². The number of rotatable bonds is 3. The van der Waals surface area contributed by atoms with Gasteiger partial charge in [0.1, 0.15) is 0 Å². The zero-order chi connectivity index (χ0) is 13.1. The molecule has 1 heterocycles. The second kappa shape index (κ2) is 5.70. The van der Waals surface area contributed by atoms with Crippen molar-refractivity contribution < 1.29 is 0 Å². The van der Waals surface area contributed by atoms with Crippen molar-refractivity contribution in [3.63, 3.8) is 0 Å². The average molecular weight is 281 g/mol. The fourth-order valence-corrected chi connectivity index (χ4v) is 2.46. The van der Waals surface area contributed by atoms with E-state index in [2.05, 4.69) is 16.4 Å². The maximum atomic E-state index is 6.04. The molecule has 1 aromatic carbocycles. The molecule has 2 aromatic rings. The van der Waals surface area contributed by atoms with Crippen LogP contribution in [0.3, 0.4) is 0 Å². The molecule has 1 unspecified atom stereocenters. The van der Waals surface area contributed by atoms with Gasteiger partial charge in [-0.2, -0.15) is 0 Å². The molecule has 1 aromatic heterocycles. The van der Waals surface area contributed by atoms with Crippen LogP contribution < -0.4 is 5.32 Å². The van der Waals surface area contributed by atoms with E-state index < -0.39 is 0 Å². The van der Waals surface area contributed by atoms with Crippen LogP contribution in [0.5, 0.6) is 0 Å². The highest BCUT2D eigenvalue weighted by Crippen LogP contribution is 2.27. The van der Waals surface area contributed by atoms with Crippen LogP contribution in [0, 0.1) is 6.92 Å². The fourth-order valence-electron chi connectivity index (χ4n) is 1.92. The fraction of sp³-hybridized carbons (Fsp3) is 0.214. The number of aryl methyl sites for hydroxylation is 1. The number of benzene rings is 1. The number of aromatic nitrogens is 1. The molecule has 94 valence electrons. The third-order valence-corrected chi connectivity index (χ3v) is 3.21. The molecule has 1 atom stereocenters. The number of hydrogen-bond acceptors (Lipinski definition) is 2. The lowest BCUT2D eigenvalue weighted by Crippen LogP contribution is -2.17. The molecule has 0 aliphatic heterocycles. The van der Waals surface area contributed by atoms with E-state index in [9.17, 15) is 0 Å². The van der Waals surface area contributed by atoms with E-state index in [0.29, 0.717) is 10.0 Å². The van der Waals surface area contributed by atoms with Crippen molar-refractivity contribution in [1.82, 2.24) is 10.3 Å². The molecule has 0 aliphatic rings. The highest BCUT2D eigenvalue weighted by Gasteiger charge is 2.13. The van der Waals surface area contributed by atoms with Crippen LogP contribution in [0.1, 0.15) is 22.9 Å². The van der Waals surface area contributed by atoms with Gasteiger partial charge in [0, 0.05) is 21.9 Å². The molecular weight excluding hydrogens is 267 g/mol. The van der Waals surface area contributed by atoms with Gasteiger partial charge < -0.3 is 5.32 Å². The first-order chi connectivity index (χ1) is 8.60. The Morgan fingerprint density at radius 2 is 1.72 bits per heavy atom. The first kappa shape index (κ1) is 13.3. The minimum absolute atomic E-state index is 0.0364. The van der Waals surface area contributed by atoms with Crippen LogP contribution in [0.15, 0.2) is 36.5 Å². The summed E-state index contributed by atoms with van der Waals surface area (Å²) < 4.78 is 0. The number of halogens is 2. The second-order valence-electron chi connectivity index (χ2n) is 4.16. The Morgan fingerprint density at radius 3 is 2.22 bits per heavy atom. The lowest BCUT2D eigenvalue weighted by atomic mass is 10.0. The van der Waals surface area contributed by atoms with Gasteiger partial charge in [0.2, 0.25) is 0 Å². The van der Waals surface area contributed by atoms with Crippen molar-refractivity contribution >= 4 is 23.2 Å². The summed E-state index contributed by atoms with van der Waals surface area (Å²) in [5, 5.41) is 4.52. The van der Waals surface area contributed by atoms with Crippen LogP contribution in [-0.2, 0) is 0 Å². The van der Waals surface area contributed by atoms with Crippen molar-refractivity contribution in [3.8, 4) is 0 Å². The second-order valence-corrected chi connectivity index (χ2v) is 5.03. The van der Waals surface area contributed by atoms with Gasteiger partial charge in [0.05, 0.1) is 6.04 Å². The normalized spacial score (nSPS) is 12.4. The van der Waals surface area contributed by atoms with Crippen LogP contribution in [0.2, 0.25) is 10.0 Å². The predicted molar refractivity (Wildman–Crippen MR) is 76.3 cm³/mol. The summed E-state index contributed by atoms with van der Waals surface area (Å²) in [6.07, 6.45) is 1.87. The lowest BCUT2D eigenvalue weighted by Gasteiger charge is -2.17. The van der Waals surface area contributed by atoms with Gasteiger partial charge >= 0.3 is 0 Å². The van der Waals surface area contributed by atoms with Gasteiger partial charge in [-0.1, -0.05) is 29.3 Å². The van der Waals surface area contributed by atoms with Gasteiger partial charge in [0.15, 0.2) is 0 Å². The van der Waals surface area contributed by atoms with Gasteiger partial charge in [-0.25, -0.2) is 0 Å². The third-order valence-electron chi connectivity index (χ3n) is 2.77. The maximum Gasteiger partial charge on any atom is 0.0590 e. The molecule has 0 amide bonds. The van der Waals surface area contributed by atoms with E-state index >= 15 is 0 Å². The summed E-state index contributed by atoms with van der Waals surface area (Å²) >= 11 is 12.1. The number of nitrogens with one attached hydrogen (secondary N) is 1. The standard InChI is InChI=1S/C14H14Cl2N2/c1-9-3-4-10(8-18-9)14(17-2)11-5-12(15)7-13(16)6-11/h3-8,14,17H,1-2H3. The summed E-state index contributed by atoms with van der Waals surface area (Å²) in [5.41, 5.74) is 3.11. The molecule has 0 saturated heterocycles. The van der Waals surface area contributed by atoms with Crippen LogP contribution in [0.4, 0.5) is 0 Å². The first-order valence-corrected chi connectivity index (χ1v) is 6.41. The van der Waals surface area contributed by atoms with Crippen LogP contribution >= 0.6 is 23.2 Å². The largest absolute Gasteiger partial charge is 0.309 e. The Labute approximate surface area is 117 Å². The van der Waals surface area contributed by atoms with Crippen LogP contribution in [-0.4, -0.2) is 12.0 Å². The molecular formula is C14H14Cl2N2. The lowest BCUT2D eigenvalue weighted by molar-refractivity contribution is 0.688. The molecule has 0 saturated carbocycles. The van der Waals surface area contributed by atoms with E-state index in [1.165, 1.54) is 0 Å². The molecule has 0 radical (unpaired) electrons. The van der Waals surface area contributed by atoms with Gasteiger partial charge in [-0.05, 0) is 49.4 Å². The zero-order valence-corrected chi connectivity index (χ0v) is 11.8. The zero-order valence-electron chi connectivity index (χ0n) is 10.2. The number of pyridine rings is 1. The molecule has 1 N–H and O–H groups in total. The molecule has 2 nitrogen and oxygen atoms in total. The molecule has 0 aliphatic carbocycles. The van der Waals surface area contributed by atoms with Gasteiger partial charge in [0.25, 0.3) is 0 Å². The Bertz CT molecular complexity index is 518. The molecule has 0 bridgehead atoms. The average Bonchev–Trinajstić information content (AvgIpc) is 2.31. The Balaban J connectivity index is 2.41. The van der Waals surface area contributed by atoms with E-state index in [1.807, 2.05) is 38.4 Å². The summed E-state index contributed by atoms with van der Waals surface area (Å²) in [6, 6.07) is 9.63. The predicted octanol–water partition coefficient (Wildman–Crippen LogP) is 4.01. The molecule has 4 heteroatoms. The summed E-state index contributed by atoms with van der Waals surface area (Å²) in [6.45, 7) is 1.97. The minimum atomic E-state index is 0.0364. The van der Waals surface area contributed by atoms with Crippen molar-refractivity contribution in [2.45, 2.75) is 13.0 Å². The Morgan fingerprint density at radius 1 is 1.06 bits per heavy atom. The maximum absolute atomic E-state index is 6.04. The van der Waals surface area contributed by atoms with Crippen LogP contribution in [0.25, 0.3) is 0 Å². The molecule has 18 heavy (non-hydrogen) atoms. The molecule has 0 fully saturated rings. The van der Waals surface area contributed by atoms with Crippen molar-refractivity contribution in [1.29, 1.82) is 0 Å². The highest BCUT2D eigenvalue weighted by molar-refractivity contribution is 6.34. The summed E-state index contributed by atoms with van der Waals surface area (Å²) in [5.74, 6) is 0. The van der Waals surface area contributed by atoms with E-state index in [4.69, 9.17) is 23.2 Å². The molecule has 0 spiro atoms. The van der Waals surface area contributed by atoms with E-state index in [0.717, 1.165) is 16.8 Å². The third kappa shape index (κ3) is 3.02. The van der Waals surface area contributed by atoms with E-state index in [1.54, 1.807) is 6.07 Å². The monoisotopic (exact) mass is 280 g/mol. The van der Waals surface area contributed by atoms with Crippen molar-refractivity contribution in [2.75, 3.05) is 7.05 Å². The quantitative estimate of drug-likeness (QED) is 0.919. The Kier molecular flexibility index (Phi) is 4.23. The Hall–Kier alpha value is -1.09. The van der Waals surface area contributed by atoms with Crippen molar-refractivity contribution in [2.24, 2.45) is 0 Å². The smallest absolute Gasteiger partial charge is 0.0590 e. The number of nitrogens with zero attached hydrogens (tertiary/aromatic N) is 1. The highest BCUT2D eigenvalue weighted by atomic mass is 35.5. The molecule has 2 rings (SSSR count). The minimum Gasteiger partial charge on any atom is -0.309 e. The van der Waals surface area contributed by atoms with Crippen molar-refractivity contribution in [3.05, 3.63) is 63.4 Å². The van der Waals surface area contributed by atoms with Gasteiger partial charge in [-0.15, -0.1) is 0 Å². The summed E-state index contributed by atoms with van der Waals surface area (Å²) in [7, 11) is 1.90. The number of hydrogen-bond donors (Lipinski definition) is 1. The topological polar surface area (TPSA) is 24.9 Å². The summed E-state index contributed by atoms with van der Waals surface area (Å²) in [4.78, 5) is 4.31. The SMILES string of the molecule is CNC(c1ccc(C)nc1)c1cc(Cl)cc(Cl)c1. The first-order valence-electron chi connectivity index (χ1n) is 5.66.